The summed E-state index contributed by atoms with van der Waals surface area (Å²) in [4.78, 5) is 12.4. The van der Waals surface area contributed by atoms with Crippen LogP contribution in [0.4, 0.5) is 0 Å². The van der Waals surface area contributed by atoms with Crippen molar-refractivity contribution in [2.45, 2.75) is 19.8 Å². The van der Waals surface area contributed by atoms with Crippen molar-refractivity contribution >= 4 is 22.2 Å². The number of aryl methyl sites for hydroxylation is 3. The first-order valence-corrected chi connectivity index (χ1v) is 10.0. The first-order chi connectivity index (χ1) is 13.8. The van der Waals surface area contributed by atoms with Gasteiger partial charge in [-0.05, 0) is 25.0 Å². The minimum atomic E-state index is 0.620. The quantitative estimate of drug-likeness (QED) is 0.437. The Morgan fingerprint density at radius 2 is 1.79 bits per heavy atom. The molecule has 0 aliphatic carbocycles. The molecule has 1 N–H and O–H groups in total. The fourth-order valence-corrected chi connectivity index (χ4v) is 3.96. The molecule has 0 radical (unpaired) electrons. The van der Waals surface area contributed by atoms with Crippen LogP contribution < -0.4 is 0 Å². The van der Waals surface area contributed by atoms with Gasteiger partial charge in [-0.25, -0.2) is 4.98 Å². The third kappa shape index (κ3) is 3.23. The largest absolute Gasteiger partial charge is 0.361 e. The average molecular weight is 386 g/mol. The molecule has 0 unspecified atom stereocenters. The lowest BCUT2D eigenvalue weighted by molar-refractivity contribution is 0.379. The molecule has 0 fully saturated rings. The van der Waals surface area contributed by atoms with Gasteiger partial charge in [-0.1, -0.05) is 47.6 Å². The maximum Gasteiger partial charge on any atom is 0.227 e. The molecule has 28 heavy (non-hydrogen) atoms. The van der Waals surface area contributed by atoms with Crippen molar-refractivity contribution in [1.82, 2.24) is 20.1 Å². The van der Waals surface area contributed by atoms with Crippen LogP contribution in [-0.2, 0) is 12.8 Å². The minimum absolute atomic E-state index is 0.620. The summed E-state index contributed by atoms with van der Waals surface area (Å²) >= 11 is 1.65. The summed E-state index contributed by atoms with van der Waals surface area (Å²) in [6, 6.07) is 16.4. The van der Waals surface area contributed by atoms with Gasteiger partial charge in [-0.15, -0.1) is 11.3 Å². The molecule has 0 saturated heterocycles. The zero-order valence-electron chi connectivity index (χ0n) is 15.3. The summed E-state index contributed by atoms with van der Waals surface area (Å²) in [6.07, 6.45) is 3.62. The predicted molar refractivity (Wildman–Crippen MR) is 111 cm³/mol. The van der Waals surface area contributed by atoms with E-state index in [1.165, 1.54) is 10.9 Å². The van der Waals surface area contributed by atoms with Crippen molar-refractivity contribution in [3.63, 3.8) is 0 Å². The third-order valence-corrected chi connectivity index (χ3v) is 5.58. The highest BCUT2D eigenvalue weighted by molar-refractivity contribution is 7.09. The first kappa shape index (κ1) is 16.9. The summed E-state index contributed by atoms with van der Waals surface area (Å²) in [5.74, 6) is 1.27. The number of aromatic nitrogens is 4. The van der Waals surface area contributed by atoms with Crippen LogP contribution in [0.1, 0.15) is 16.5 Å². The van der Waals surface area contributed by atoms with Gasteiger partial charge in [0.2, 0.25) is 11.7 Å². The van der Waals surface area contributed by atoms with Crippen molar-refractivity contribution in [3.05, 3.63) is 76.6 Å². The lowest BCUT2D eigenvalue weighted by Gasteiger charge is -1.98. The Bertz CT molecular complexity index is 1230. The van der Waals surface area contributed by atoms with E-state index in [9.17, 15) is 0 Å². The maximum atomic E-state index is 5.47. The van der Waals surface area contributed by atoms with E-state index in [1.54, 1.807) is 11.3 Å². The highest BCUT2D eigenvalue weighted by Crippen LogP contribution is 2.25. The molecular formula is C22H18N4OS. The lowest BCUT2D eigenvalue weighted by atomic mass is 10.1. The van der Waals surface area contributed by atoms with E-state index in [2.05, 4.69) is 49.9 Å². The minimum Gasteiger partial charge on any atom is -0.361 e. The van der Waals surface area contributed by atoms with Crippen LogP contribution in [0.15, 0.2) is 64.6 Å². The number of nitrogens with zero attached hydrogens (tertiary/aromatic N) is 3. The fourth-order valence-electron chi connectivity index (χ4n) is 3.34. The number of fused-ring (bicyclic) bond motifs is 1. The number of hydrogen-bond donors (Lipinski definition) is 1. The molecule has 5 nitrogen and oxygen atoms in total. The molecule has 0 aliphatic rings. The highest BCUT2D eigenvalue weighted by Gasteiger charge is 2.11. The molecule has 5 aromatic rings. The van der Waals surface area contributed by atoms with Crippen molar-refractivity contribution < 1.29 is 4.52 Å². The van der Waals surface area contributed by atoms with Crippen molar-refractivity contribution in [3.8, 4) is 22.6 Å². The monoisotopic (exact) mass is 386 g/mol. The smallest absolute Gasteiger partial charge is 0.227 e. The average Bonchev–Trinajstić information content (AvgIpc) is 3.46. The van der Waals surface area contributed by atoms with Gasteiger partial charge >= 0.3 is 0 Å². The van der Waals surface area contributed by atoms with E-state index >= 15 is 0 Å². The Morgan fingerprint density at radius 1 is 0.964 bits per heavy atom. The van der Waals surface area contributed by atoms with Gasteiger partial charge in [0.1, 0.15) is 0 Å². The highest BCUT2D eigenvalue weighted by atomic mass is 32.1. The van der Waals surface area contributed by atoms with Crippen molar-refractivity contribution in [2.24, 2.45) is 0 Å². The zero-order chi connectivity index (χ0) is 18.9. The second-order valence-corrected chi connectivity index (χ2v) is 7.76. The van der Waals surface area contributed by atoms with Gasteiger partial charge in [0.25, 0.3) is 0 Å². The normalized spacial score (nSPS) is 11.3. The second kappa shape index (κ2) is 7.05. The number of hydrogen-bond acceptors (Lipinski definition) is 5. The number of benzene rings is 2. The molecule has 3 heterocycles. The summed E-state index contributed by atoms with van der Waals surface area (Å²) in [5, 5.41) is 8.53. The number of rotatable bonds is 5. The zero-order valence-corrected chi connectivity index (χ0v) is 16.2. The van der Waals surface area contributed by atoms with Crippen LogP contribution in [0, 0.1) is 6.92 Å². The molecule has 0 bridgehead atoms. The Labute approximate surface area is 166 Å². The van der Waals surface area contributed by atoms with Gasteiger partial charge < -0.3 is 9.51 Å². The van der Waals surface area contributed by atoms with E-state index in [4.69, 9.17) is 4.52 Å². The van der Waals surface area contributed by atoms with Gasteiger partial charge in [-0.3, -0.25) is 0 Å². The SMILES string of the molecule is Cc1nc(-c2ccc(-c3noc(CCc4c[nH]c5ccccc45)n3)cc2)cs1. The third-order valence-electron chi connectivity index (χ3n) is 4.81. The molecule has 3 aromatic heterocycles. The maximum absolute atomic E-state index is 5.47. The molecular weight excluding hydrogens is 368 g/mol. The Kier molecular flexibility index (Phi) is 4.25. The summed E-state index contributed by atoms with van der Waals surface area (Å²) < 4.78 is 5.47. The summed E-state index contributed by atoms with van der Waals surface area (Å²) in [6.45, 7) is 2.01. The van der Waals surface area contributed by atoms with Crippen molar-refractivity contribution in [2.75, 3.05) is 0 Å². The van der Waals surface area contributed by atoms with Gasteiger partial charge in [0.15, 0.2) is 0 Å². The van der Waals surface area contributed by atoms with Gasteiger partial charge in [0, 0.05) is 40.0 Å². The van der Waals surface area contributed by atoms with Crippen molar-refractivity contribution in [1.29, 1.82) is 0 Å². The topological polar surface area (TPSA) is 67.6 Å². The van der Waals surface area contributed by atoms with Gasteiger partial charge in [-0.2, -0.15) is 4.98 Å². The molecule has 5 rings (SSSR count). The first-order valence-electron chi connectivity index (χ1n) is 9.17. The molecule has 6 heteroatoms. The second-order valence-electron chi connectivity index (χ2n) is 6.70. The molecule has 0 atom stereocenters. The fraction of sp³-hybridized carbons (Fsp3) is 0.136. The molecule has 0 spiro atoms. The number of thiazole rings is 1. The number of H-pyrrole nitrogens is 1. The molecule has 0 amide bonds. The Balaban J connectivity index is 1.30. The van der Waals surface area contributed by atoms with E-state index in [0.29, 0.717) is 18.1 Å². The summed E-state index contributed by atoms with van der Waals surface area (Å²) in [7, 11) is 0. The van der Waals surface area contributed by atoms with E-state index in [1.807, 2.05) is 37.3 Å². The molecule has 138 valence electrons. The standard InChI is InChI=1S/C22H18N4OS/c1-14-24-20(13-28-14)15-6-8-16(9-7-15)22-25-21(27-26-22)11-10-17-12-23-19-5-3-2-4-18(17)19/h2-9,12-13,23H,10-11H2,1H3. The number of para-hydroxylation sites is 1. The Hall–Kier alpha value is -3.25. The van der Waals surface area contributed by atoms with E-state index in [0.717, 1.165) is 33.8 Å². The van der Waals surface area contributed by atoms with E-state index in [-0.39, 0.29) is 0 Å². The van der Waals surface area contributed by atoms with Crippen LogP contribution >= 0.6 is 11.3 Å². The predicted octanol–water partition coefficient (Wildman–Crippen LogP) is 5.44. The molecule has 0 aliphatic heterocycles. The van der Waals surface area contributed by atoms with Gasteiger partial charge in [0.05, 0.1) is 10.7 Å². The lowest BCUT2D eigenvalue weighted by Crippen LogP contribution is -1.91. The van der Waals surface area contributed by atoms with Crippen LogP contribution in [0.5, 0.6) is 0 Å². The van der Waals surface area contributed by atoms with Crippen LogP contribution in [-0.4, -0.2) is 20.1 Å². The van der Waals surface area contributed by atoms with E-state index < -0.39 is 0 Å². The molecule has 2 aromatic carbocycles. The van der Waals surface area contributed by atoms with Crippen LogP contribution in [0.3, 0.4) is 0 Å². The summed E-state index contributed by atoms with van der Waals surface area (Å²) in [5.41, 5.74) is 5.45. The van der Waals surface area contributed by atoms with Crippen LogP contribution in [0.2, 0.25) is 0 Å². The number of aromatic amines is 1. The van der Waals surface area contributed by atoms with Crippen LogP contribution in [0.25, 0.3) is 33.5 Å². The molecule has 0 saturated carbocycles. The number of nitrogens with one attached hydrogen (secondary N) is 1. The Morgan fingerprint density at radius 3 is 2.61 bits per heavy atom.